The Balaban J connectivity index is 1.64. The molecule has 1 aromatic rings. The lowest BCUT2D eigenvalue weighted by Gasteiger charge is -2.37. The lowest BCUT2D eigenvalue weighted by molar-refractivity contribution is 0.00331. The number of hydrogen-bond donors (Lipinski definition) is 1. The van der Waals surface area contributed by atoms with E-state index < -0.39 is 5.60 Å². The third-order valence-corrected chi connectivity index (χ3v) is 4.12. The number of carbonyl (C=O) groups excluding carboxylic acids is 2. The molecule has 106 valence electrons. The normalized spacial score (nSPS) is 20.6. The number of alkyl carbamates (subject to hydrolysis) is 1. The Morgan fingerprint density at radius 2 is 1.90 bits per heavy atom. The van der Waals surface area contributed by atoms with Crippen molar-refractivity contribution >= 4 is 12.0 Å². The van der Waals surface area contributed by atoms with Crippen LogP contribution in [0.15, 0.2) is 24.3 Å². The van der Waals surface area contributed by atoms with Crippen LogP contribution in [-0.2, 0) is 4.74 Å². The van der Waals surface area contributed by atoms with Gasteiger partial charge in [-0.1, -0.05) is 17.7 Å². The monoisotopic (exact) mass is 274 g/mol. The number of nitrogens with one attached hydrogen (secondary N) is 1. The molecule has 2 saturated heterocycles. The summed E-state index contributed by atoms with van der Waals surface area (Å²) in [6.07, 6.45) is 1.05. The molecule has 2 heterocycles. The molecule has 0 aromatic heterocycles. The minimum absolute atomic E-state index is 0.0529. The van der Waals surface area contributed by atoms with Gasteiger partial charge in [0.05, 0.1) is 6.54 Å². The van der Waals surface area contributed by atoms with Crippen LogP contribution >= 0.6 is 0 Å². The molecule has 2 amide bonds. The Morgan fingerprint density at radius 1 is 1.25 bits per heavy atom. The fourth-order valence-corrected chi connectivity index (χ4v) is 2.78. The maximum absolute atomic E-state index is 12.4. The summed E-state index contributed by atoms with van der Waals surface area (Å²) in [6, 6.07) is 7.61. The van der Waals surface area contributed by atoms with Gasteiger partial charge in [0.15, 0.2) is 0 Å². The minimum Gasteiger partial charge on any atom is -0.441 e. The molecule has 0 radical (unpaired) electrons. The summed E-state index contributed by atoms with van der Waals surface area (Å²) in [4.78, 5) is 25.4. The van der Waals surface area contributed by atoms with E-state index in [1.165, 1.54) is 0 Å². The van der Waals surface area contributed by atoms with Crippen molar-refractivity contribution in [2.45, 2.75) is 25.4 Å². The second-order valence-electron chi connectivity index (χ2n) is 5.58. The summed E-state index contributed by atoms with van der Waals surface area (Å²) in [7, 11) is 0. The van der Waals surface area contributed by atoms with Gasteiger partial charge in [-0.15, -0.1) is 0 Å². The van der Waals surface area contributed by atoms with Crippen LogP contribution in [0.4, 0.5) is 4.79 Å². The van der Waals surface area contributed by atoms with Crippen LogP contribution in [0, 0.1) is 6.92 Å². The number of nitrogens with zero attached hydrogens (tertiary/aromatic N) is 1. The van der Waals surface area contributed by atoms with E-state index in [0.717, 1.165) is 5.56 Å². The van der Waals surface area contributed by atoms with E-state index >= 15 is 0 Å². The summed E-state index contributed by atoms with van der Waals surface area (Å²) in [5, 5.41) is 2.70. The van der Waals surface area contributed by atoms with Crippen molar-refractivity contribution in [2.24, 2.45) is 0 Å². The fraction of sp³-hybridized carbons (Fsp3) is 0.467. The molecule has 0 atom stereocenters. The molecular weight excluding hydrogens is 256 g/mol. The van der Waals surface area contributed by atoms with Crippen molar-refractivity contribution in [3.63, 3.8) is 0 Å². The topological polar surface area (TPSA) is 58.6 Å². The Morgan fingerprint density at radius 3 is 2.45 bits per heavy atom. The van der Waals surface area contributed by atoms with Crippen molar-refractivity contribution in [1.29, 1.82) is 0 Å². The predicted molar refractivity (Wildman–Crippen MR) is 73.5 cm³/mol. The van der Waals surface area contributed by atoms with Crippen LogP contribution in [0.3, 0.4) is 0 Å². The maximum Gasteiger partial charge on any atom is 0.407 e. The lowest BCUT2D eigenvalue weighted by atomic mass is 9.91. The van der Waals surface area contributed by atoms with Gasteiger partial charge in [0.2, 0.25) is 0 Å². The van der Waals surface area contributed by atoms with Crippen molar-refractivity contribution in [1.82, 2.24) is 10.2 Å². The van der Waals surface area contributed by atoms with Gasteiger partial charge in [-0.3, -0.25) is 4.79 Å². The number of aryl methyl sites for hydroxylation is 1. The molecule has 1 aromatic carbocycles. The van der Waals surface area contributed by atoms with Crippen LogP contribution in [0.25, 0.3) is 0 Å². The number of amides is 2. The standard InChI is InChI=1S/C15H18N2O3/c1-11-2-4-12(5-3-11)13(18)17-8-6-15(7-9-17)10-16-14(19)20-15/h2-5H,6-10H2,1H3,(H,16,19). The van der Waals surface area contributed by atoms with Gasteiger partial charge in [-0.05, 0) is 19.1 Å². The van der Waals surface area contributed by atoms with E-state index in [1.807, 2.05) is 36.1 Å². The Bertz CT molecular complexity index is 531. The highest BCUT2D eigenvalue weighted by atomic mass is 16.6. The van der Waals surface area contributed by atoms with Gasteiger partial charge in [-0.2, -0.15) is 0 Å². The first-order valence-electron chi connectivity index (χ1n) is 6.91. The van der Waals surface area contributed by atoms with Gasteiger partial charge in [0, 0.05) is 31.5 Å². The number of benzene rings is 1. The summed E-state index contributed by atoms with van der Waals surface area (Å²) in [5.41, 5.74) is 1.46. The third kappa shape index (κ3) is 2.35. The van der Waals surface area contributed by atoms with Crippen LogP contribution in [0.1, 0.15) is 28.8 Å². The number of hydrogen-bond acceptors (Lipinski definition) is 3. The van der Waals surface area contributed by atoms with Crippen molar-refractivity contribution in [2.75, 3.05) is 19.6 Å². The summed E-state index contributed by atoms with van der Waals surface area (Å²) >= 11 is 0. The Labute approximate surface area is 117 Å². The molecule has 2 fully saturated rings. The van der Waals surface area contributed by atoms with E-state index in [2.05, 4.69) is 5.32 Å². The van der Waals surface area contributed by atoms with Gasteiger partial charge < -0.3 is 15.0 Å². The number of rotatable bonds is 1. The second kappa shape index (κ2) is 4.81. The molecule has 0 aliphatic carbocycles. The molecule has 1 N–H and O–H groups in total. The lowest BCUT2D eigenvalue weighted by Crippen LogP contribution is -2.48. The average molecular weight is 274 g/mol. The quantitative estimate of drug-likeness (QED) is 0.848. The second-order valence-corrected chi connectivity index (χ2v) is 5.58. The largest absolute Gasteiger partial charge is 0.441 e. The number of ether oxygens (including phenoxy) is 1. The smallest absolute Gasteiger partial charge is 0.407 e. The maximum atomic E-state index is 12.4. The first-order chi connectivity index (χ1) is 9.58. The summed E-state index contributed by atoms with van der Waals surface area (Å²) in [6.45, 7) is 3.81. The molecule has 3 rings (SSSR count). The van der Waals surface area contributed by atoms with Gasteiger partial charge >= 0.3 is 6.09 Å². The van der Waals surface area contributed by atoms with Gasteiger partial charge in [-0.25, -0.2) is 4.79 Å². The zero-order valence-corrected chi connectivity index (χ0v) is 11.5. The highest BCUT2D eigenvalue weighted by molar-refractivity contribution is 5.94. The molecule has 0 bridgehead atoms. The van der Waals surface area contributed by atoms with E-state index in [-0.39, 0.29) is 12.0 Å². The van der Waals surface area contributed by atoms with Gasteiger partial charge in [0.1, 0.15) is 5.60 Å². The first-order valence-corrected chi connectivity index (χ1v) is 6.91. The van der Waals surface area contributed by atoms with Crippen LogP contribution in [0.2, 0.25) is 0 Å². The molecule has 1 spiro atoms. The molecule has 2 aliphatic heterocycles. The molecule has 0 unspecified atom stereocenters. The van der Waals surface area contributed by atoms with E-state index in [1.54, 1.807) is 0 Å². The Hall–Kier alpha value is -2.04. The number of piperidine rings is 1. The highest BCUT2D eigenvalue weighted by Crippen LogP contribution is 2.29. The molecular formula is C15H18N2O3. The Kier molecular flexibility index (Phi) is 3.12. The number of likely N-dealkylation sites (tertiary alicyclic amines) is 1. The van der Waals surface area contributed by atoms with Crippen LogP contribution < -0.4 is 5.32 Å². The fourth-order valence-electron chi connectivity index (χ4n) is 2.78. The minimum atomic E-state index is -0.402. The molecule has 20 heavy (non-hydrogen) atoms. The third-order valence-electron chi connectivity index (χ3n) is 4.12. The molecule has 5 heteroatoms. The molecule has 5 nitrogen and oxygen atoms in total. The SMILES string of the molecule is Cc1ccc(C(=O)N2CCC3(CC2)CNC(=O)O3)cc1. The summed E-state index contributed by atoms with van der Waals surface area (Å²) < 4.78 is 5.35. The molecule has 0 saturated carbocycles. The highest BCUT2D eigenvalue weighted by Gasteiger charge is 2.43. The first kappa shape index (κ1) is 13.0. The molecule has 2 aliphatic rings. The van der Waals surface area contributed by atoms with Gasteiger partial charge in [0.25, 0.3) is 5.91 Å². The zero-order chi connectivity index (χ0) is 14.2. The predicted octanol–water partition coefficient (Wildman–Crippen LogP) is 1.71. The average Bonchev–Trinajstić information content (AvgIpc) is 2.81. The zero-order valence-electron chi connectivity index (χ0n) is 11.5. The van der Waals surface area contributed by atoms with Crippen molar-refractivity contribution in [3.8, 4) is 0 Å². The van der Waals surface area contributed by atoms with Crippen molar-refractivity contribution < 1.29 is 14.3 Å². The number of carbonyl (C=O) groups is 2. The summed E-state index contributed by atoms with van der Waals surface area (Å²) in [5.74, 6) is 0.0529. The van der Waals surface area contributed by atoms with Crippen LogP contribution in [-0.4, -0.2) is 42.1 Å². The van der Waals surface area contributed by atoms with Crippen molar-refractivity contribution in [3.05, 3.63) is 35.4 Å². The van der Waals surface area contributed by atoms with E-state index in [9.17, 15) is 9.59 Å². The van der Waals surface area contributed by atoms with E-state index in [0.29, 0.717) is 38.0 Å². The van der Waals surface area contributed by atoms with Crippen LogP contribution in [0.5, 0.6) is 0 Å². The van der Waals surface area contributed by atoms with E-state index in [4.69, 9.17) is 4.74 Å².